The number of carbonyl (C=O) groups is 2. The van der Waals surface area contributed by atoms with Crippen LogP contribution in [0.3, 0.4) is 0 Å². The van der Waals surface area contributed by atoms with Crippen LogP contribution >= 0.6 is 0 Å². The Bertz CT molecular complexity index is 817. The van der Waals surface area contributed by atoms with Crippen molar-refractivity contribution in [3.8, 4) is 0 Å². The first kappa shape index (κ1) is 21.8. The average molecular weight is 422 g/mol. The minimum Gasteiger partial charge on any atom is -0.348 e. The van der Waals surface area contributed by atoms with Crippen molar-refractivity contribution in [2.75, 3.05) is 13.1 Å². The zero-order valence-electron chi connectivity index (χ0n) is 17.0. The second-order valence-corrected chi connectivity index (χ2v) is 9.97. The summed E-state index contributed by atoms with van der Waals surface area (Å²) in [4.78, 5) is 24.3. The lowest BCUT2D eigenvalue weighted by atomic mass is 10.0. The molecule has 0 bridgehead atoms. The first-order chi connectivity index (χ1) is 13.9. The summed E-state index contributed by atoms with van der Waals surface area (Å²) < 4.78 is 27.7. The summed E-state index contributed by atoms with van der Waals surface area (Å²) in [6.45, 7) is 2.68. The molecule has 1 aliphatic carbocycles. The monoisotopic (exact) mass is 421 g/mol. The van der Waals surface area contributed by atoms with Gasteiger partial charge in [0.2, 0.25) is 10.0 Å². The Kier molecular flexibility index (Phi) is 7.29. The normalized spacial score (nSPS) is 21.1. The van der Waals surface area contributed by atoms with E-state index in [2.05, 4.69) is 10.6 Å². The van der Waals surface area contributed by atoms with Crippen molar-refractivity contribution in [2.45, 2.75) is 75.3 Å². The summed E-state index contributed by atoms with van der Waals surface area (Å²) in [7, 11) is -3.57. The van der Waals surface area contributed by atoms with Crippen LogP contribution in [-0.4, -0.2) is 49.7 Å². The number of hydrogen-bond acceptors (Lipinski definition) is 4. The fraction of sp³-hybridized carbons (Fsp3) is 0.619. The molecule has 8 heteroatoms. The van der Waals surface area contributed by atoms with Gasteiger partial charge in [-0.05, 0) is 51.2 Å². The molecule has 160 valence electrons. The van der Waals surface area contributed by atoms with Crippen molar-refractivity contribution < 1.29 is 18.0 Å². The van der Waals surface area contributed by atoms with Gasteiger partial charge in [0.05, 0.1) is 4.90 Å². The Balaban J connectivity index is 1.55. The van der Waals surface area contributed by atoms with Crippen LogP contribution in [0.15, 0.2) is 29.2 Å². The quantitative estimate of drug-likeness (QED) is 0.688. The summed E-state index contributed by atoms with van der Waals surface area (Å²) in [5.74, 6) is -1.23. The van der Waals surface area contributed by atoms with Crippen LogP contribution in [-0.2, 0) is 19.6 Å². The molecule has 7 nitrogen and oxygen atoms in total. The molecule has 1 aliphatic heterocycles. The minimum absolute atomic E-state index is 0.0988. The van der Waals surface area contributed by atoms with E-state index in [9.17, 15) is 18.0 Å². The van der Waals surface area contributed by atoms with Gasteiger partial charge < -0.3 is 10.6 Å². The maximum atomic E-state index is 13.1. The molecule has 1 aromatic carbocycles. The predicted molar refractivity (Wildman–Crippen MR) is 111 cm³/mol. The standard InChI is InChI=1S/C21H31N3O4S/c1-16-9-11-19(12-10-16)29(27,28)24-15-5-4-8-18(24)13-14-22-20(25)21(26)23-17-6-2-3-7-17/h9-12,17-18H,2-8,13-15H2,1H3,(H,22,25)(H,23,26)/t18-/m1/s1. The lowest BCUT2D eigenvalue weighted by molar-refractivity contribution is -0.139. The van der Waals surface area contributed by atoms with E-state index in [1.165, 1.54) is 0 Å². The molecule has 2 amide bonds. The number of rotatable bonds is 6. The molecule has 1 saturated heterocycles. The summed E-state index contributed by atoms with van der Waals surface area (Å²) in [6.07, 6.45) is 7.06. The van der Waals surface area contributed by atoms with Gasteiger partial charge in [0.15, 0.2) is 0 Å². The third kappa shape index (κ3) is 5.57. The molecule has 0 unspecified atom stereocenters. The second-order valence-electron chi connectivity index (χ2n) is 8.08. The number of nitrogens with zero attached hydrogens (tertiary/aromatic N) is 1. The topological polar surface area (TPSA) is 95.6 Å². The fourth-order valence-corrected chi connectivity index (χ4v) is 5.90. The lowest BCUT2D eigenvalue weighted by Gasteiger charge is -2.34. The first-order valence-electron chi connectivity index (χ1n) is 10.5. The van der Waals surface area contributed by atoms with Gasteiger partial charge in [0.1, 0.15) is 0 Å². The van der Waals surface area contributed by atoms with Crippen molar-refractivity contribution in [1.82, 2.24) is 14.9 Å². The second kappa shape index (κ2) is 9.71. The van der Waals surface area contributed by atoms with E-state index in [0.29, 0.717) is 17.9 Å². The zero-order valence-corrected chi connectivity index (χ0v) is 17.8. The highest BCUT2D eigenvalue weighted by atomic mass is 32.2. The average Bonchev–Trinajstić information content (AvgIpc) is 3.21. The van der Waals surface area contributed by atoms with Crippen molar-refractivity contribution in [3.63, 3.8) is 0 Å². The first-order valence-corrected chi connectivity index (χ1v) is 12.0. The van der Waals surface area contributed by atoms with Gasteiger partial charge in [-0.25, -0.2) is 8.42 Å². The van der Waals surface area contributed by atoms with E-state index in [1.807, 2.05) is 6.92 Å². The maximum Gasteiger partial charge on any atom is 0.309 e. The maximum absolute atomic E-state index is 13.1. The molecule has 3 rings (SSSR count). The minimum atomic E-state index is -3.57. The molecule has 29 heavy (non-hydrogen) atoms. The molecular formula is C21H31N3O4S. The summed E-state index contributed by atoms with van der Waals surface area (Å²) >= 11 is 0. The van der Waals surface area contributed by atoms with Gasteiger partial charge in [-0.1, -0.05) is 37.0 Å². The Morgan fingerprint density at radius 1 is 1.00 bits per heavy atom. The number of carbonyl (C=O) groups excluding carboxylic acids is 2. The van der Waals surface area contributed by atoms with Crippen molar-refractivity contribution in [1.29, 1.82) is 0 Å². The SMILES string of the molecule is Cc1ccc(S(=O)(=O)N2CCCC[C@@H]2CCNC(=O)C(=O)NC2CCCC2)cc1. The largest absolute Gasteiger partial charge is 0.348 e. The van der Waals surface area contributed by atoms with E-state index >= 15 is 0 Å². The Labute approximate surface area is 173 Å². The van der Waals surface area contributed by atoms with Gasteiger partial charge in [-0.2, -0.15) is 4.31 Å². The van der Waals surface area contributed by atoms with E-state index < -0.39 is 21.8 Å². The van der Waals surface area contributed by atoms with E-state index in [1.54, 1.807) is 28.6 Å². The Morgan fingerprint density at radius 2 is 1.66 bits per heavy atom. The van der Waals surface area contributed by atoms with Gasteiger partial charge in [-0.15, -0.1) is 0 Å². The van der Waals surface area contributed by atoms with E-state index in [-0.39, 0.29) is 18.6 Å². The number of piperidine rings is 1. The number of nitrogens with one attached hydrogen (secondary N) is 2. The van der Waals surface area contributed by atoms with E-state index in [0.717, 1.165) is 50.5 Å². The summed E-state index contributed by atoms with van der Waals surface area (Å²) in [5.41, 5.74) is 1.01. The molecular weight excluding hydrogens is 390 g/mol. The third-order valence-electron chi connectivity index (χ3n) is 5.86. The van der Waals surface area contributed by atoms with Crippen LogP contribution in [0, 0.1) is 6.92 Å². The van der Waals surface area contributed by atoms with Crippen LogP contribution in [0.4, 0.5) is 0 Å². The van der Waals surface area contributed by atoms with Crippen molar-refractivity contribution in [3.05, 3.63) is 29.8 Å². The van der Waals surface area contributed by atoms with Crippen LogP contribution in [0.5, 0.6) is 0 Å². The molecule has 0 radical (unpaired) electrons. The summed E-state index contributed by atoms with van der Waals surface area (Å²) in [5, 5.41) is 5.42. The van der Waals surface area contributed by atoms with E-state index in [4.69, 9.17) is 0 Å². The van der Waals surface area contributed by atoms with Crippen molar-refractivity contribution in [2.24, 2.45) is 0 Å². The van der Waals surface area contributed by atoms with Crippen LogP contribution in [0.2, 0.25) is 0 Å². The predicted octanol–water partition coefficient (Wildman–Crippen LogP) is 2.10. The Hall–Kier alpha value is -1.93. The number of amides is 2. The van der Waals surface area contributed by atoms with Crippen molar-refractivity contribution >= 4 is 21.8 Å². The molecule has 2 aliphatic rings. The number of hydrogen-bond donors (Lipinski definition) is 2. The van der Waals surface area contributed by atoms with Gasteiger partial charge >= 0.3 is 11.8 Å². The third-order valence-corrected chi connectivity index (χ3v) is 7.83. The molecule has 2 fully saturated rings. The van der Waals surface area contributed by atoms with Crippen LogP contribution < -0.4 is 10.6 Å². The van der Waals surface area contributed by atoms with Gasteiger partial charge in [0.25, 0.3) is 0 Å². The highest BCUT2D eigenvalue weighted by molar-refractivity contribution is 7.89. The molecule has 1 aromatic rings. The molecule has 1 heterocycles. The van der Waals surface area contributed by atoms with Crippen LogP contribution in [0.1, 0.15) is 56.9 Å². The highest BCUT2D eigenvalue weighted by Gasteiger charge is 2.33. The molecule has 0 spiro atoms. The lowest BCUT2D eigenvalue weighted by Crippen LogP contribution is -2.47. The number of aryl methyl sites for hydroxylation is 1. The fourth-order valence-electron chi connectivity index (χ4n) is 4.18. The summed E-state index contributed by atoms with van der Waals surface area (Å²) in [6, 6.07) is 6.82. The molecule has 1 atom stereocenters. The molecule has 1 saturated carbocycles. The smallest absolute Gasteiger partial charge is 0.309 e. The van der Waals surface area contributed by atoms with Gasteiger partial charge in [0, 0.05) is 25.2 Å². The number of benzene rings is 1. The van der Waals surface area contributed by atoms with Crippen LogP contribution in [0.25, 0.3) is 0 Å². The molecule has 2 N–H and O–H groups in total. The molecule has 0 aromatic heterocycles. The van der Waals surface area contributed by atoms with Gasteiger partial charge in [-0.3, -0.25) is 9.59 Å². The zero-order chi connectivity index (χ0) is 20.9. The highest BCUT2D eigenvalue weighted by Crippen LogP contribution is 2.27. The Morgan fingerprint density at radius 3 is 2.34 bits per heavy atom. The number of sulfonamides is 1.